The molecule has 1 saturated heterocycles. The SMILES string of the molecule is CCCC1CCCCN1C(=O)CNC. The zero-order chi connectivity index (χ0) is 10.4. The molecule has 0 aromatic heterocycles. The van der Waals surface area contributed by atoms with Gasteiger partial charge >= 0.3 is 0 Å². The van der Waals surface area contributed by atoms with Crippen molar-refractivity contribution >= 4 is 5.91 Å². The second-order valence-corrected chi connectivity index (χ2v) is 4.06. The van der Waals surface area contributed by atoms with Gasteiger partial charge in [0, 0.05) is 12.6 Å². The van der Waals surface area contributed by atoms with Crippen molar-refractivity contribution in [3.05, 3.63) is 0 Å². The molecule has 1 rings (SSSR count). The van der Waals surface area contributed by atoms with E-state index in [0.29, 0.717) is 12.6 Å². The average Bonchev–Trinajstić information content (AvgIpc) is 2.19. The minimum absolute atomic E-state index is 0.269. The van der Waals surface area contributed by atoms with Crippen LogP contribution in [0.3, 0.4) is 0 Å². The molecule has 3 nitrogen and oxygen atoms in total. The molecule has 1 heterocycles. The Balaban J connectivity index is 2.48. The average molecular weight is 198 g/mol. The summed E-state index contributed by atoms with van der Waals surface area (Å²) in [5.41, 5.74) is 0. The Bertz CT molecular complexity index is 180. The van der Waals surface area contributed by atoms with E-state index in [-0.39, 0.29) is 5.91 Å². The maximum Gasteiger partial charge on any atom is 0.236 e. The molecule has 1 aliphatic heterocycles. The summed E-state index contributed by atoms with van der Waals surface area (Å²) in [4.78, 5) is 13.8. The highest BCUT2D eigenvalue weighted by molar-refractivity contribution is 5.78. The molecule has 0 saturated carbocycles. The Morgan fingerprint density at radius 2 is 2.29 bits per heavy atom. The molecule has 14 heavy (non-hydrogen) atoms. The molecule has 0 aromatic carbocycles. The van der Waals surface area contributed by atoms with Crippen LogP contribution in [0.25, 0.3) is 0 Å². The molecule has 0 aromatic rings. The molecule has 0 aliphatic carbocycles. The van der Waals surface area contributed by atoms with Gasteiger partial charge in [0.15, 0.2) is 0 Å². The van der Waals surface area contributed by atoms with Crippen molar-refractivity contribution < 1.29 is 4.79 Å². The molecule has 0 spiro atoms. The second kappa shape index (κ2) is 6.02. The van der Waals surface area contributed by atoms with Gasteiger partial charge in [0.1, 0.15) is 0 Å². The Labute approximate surface area is 86.9 Å². The first kappa shape index (κ1) is 11.5. The van der Waals surface area contributed by atoms with Crippen LogP contribution < -0.4 is 5.32 Å². The molecule has 0 radical (unpaired) electrons. The summed E-state index contributed by atoms with van der Waals surface area (Å²) in [7, 11) is 1.83. The molecule has 1 fully saturated rings. The van der Waals surface area contributed by atoms with E-state index in [2.05, 4.69) is 17.1 Å². The van der Waals surface area contributed by atoms with Crippen molar-refractivity contribution in [1.29, 1.82) is 0 Å². The van der Waals surface area contributed by atoms with E-state index < -0.39 is 0 Å². The van der Waals surface area contributed by atoms with E-state index in [4.69, 9.17) is 0 Å². The van der Waals surface area contributed by atoms with Crippen molar-refractivity contribution in [2.45, 2.75) is 45.1 Å². The van der Waals surface area contributed by atoms with E-state index >= 15 is 0 Å². The molecular formula is C11H22N2O. The highest BCUT2D eigenvalue weighted by Gasteiger charge is 2.24. The predicted molar refractivity (Wildman–Crippen MR) is 58.2 cm³/mol. The lowest BCUT2D eigenvalue weighted by atomic mass is 9.98. The summed E-state index contributed by atoms with van der Waals surface area (Å²) in [5, 5.41) is 2.94. The van der Waals surface area contributed by atoms with Crippen molar-refractivity contribution in [1.82, 2.24) is 10.2 Å². The van der Waals surface area contributed by atoms with Gasteiger partial charge in [-0.25, -0.2) is 0 Å². The third kappa shape index (κ3) is 2.98. The van der Waals surface area contributed by atoms with Gasteiger partial charge in [-0.05, 0) is 32.7 Å². The number of carbonyl (C=O) groups excluding carboxylic acids is 1. The quantitative estimate of drug-likeness (QED) is 0.740. The predicted octanol–water partition coefficient (Wildman–Crippen LogP) is 1.39. The lowest BCUT2D eigenvalue weighted by molar-refractivity contribution is -0.133. The highest BCUT2D eigenvalue weighted by atomic mass is 16.2. The highest BCUT2D eigenvalue weighted by Crippen LogP contribution is 2.20. The summed E-state index contributed by atoms with van der Waals surface area (Å²) >= 11 is 0. The molecule has 3 heteroatoms. The van der Waals surface area contributed by atoms with Gasteiger partial charge in [-0.3, -0.25) is 4.79 Å². The van der Waals surface area contributed by atoms with Crippen LogP contribution in [0.1, 0.15) is 39.0 Å². The lowest BCUT2D eigenvalue weighted by Crippen LogP contribution is -2.46. The molecule has 1 unspecified atom stereocenters. The number of likely N-dealkylation sites (tertiary alicyclic amines) is 1. The summed E-state index contributed by atoms with van der Waals surface area (Å²) < 4.78 is 0. The van der Waals surface area contributed by atoms with Gasteiger partial charge in [-0.15, -0.1) is 0 Å². The zero-order valence-corrected chi connectivity index (χ0v) is 9.38. The number of carbonyl (C=O) groups is 1. The van der Waals surface area contributed by atoms with Crippen LogP contribution in [-0.2, 0) is 4.79 Å². The van der Waals surface area contributed by atoms with Crippen molar-refractivity contribution in [2.75, 3.05) is 20.1 Å². The van der Waals surface area contributed by atoms with Crippen LogP contribution in [0, 0.1) is 0 Å². The zero-order valence-electron chi connectivity index (χ0n) is 9.38. The largest absolute Gasteiger partial charge is 0.339 e. The fraction of sp³-hybridized carbons (Fsp3) is 0.909. The first-order valence-corrected chi connectivity index (χ1v) is 5.73. The number of nitrogens with zero attached hydrogens (tertiary/aromatic N) is 1. The Morgan fingerprint density at radius 3 is 2.93 bits per heavy atom. The standard InChI is InChI=1S/C11H22N2O/c1-3-6-10-7-4-5-8-13(10)11(14)9-12-2/h10,12H,3-9H2,1-2H3. The summed E-state index contributed by atoms with van der Waals surface area (Å²) in [6.45, 7) is 3.64. The van der Waals surface area contributed by atoms with E-state index in [1.165, 1.54) is 25.7 Å². The topological polar surface area (TPSA) is 32.3 Å². The summed E-state index contributed by atoms with van der Waals surface area (Å²) in [6.07, 6.45) is 6.00. The fourth-order valence-corrected chi connectivity index (χ4v) is 2.22. The number of likely N-dealkylation sites (N-methyl/N-ethyl adjacent to an activating group) is 1. The first-order chi connectivity index (χ1) is 6.79. The molecular weight excluding hydrogens is 176 g/mol. The van der Waals surface area contributed by atoms with Gasteiger partial charge < -0.3 is 10.2 Å². The third-order valence-electron chi connectivity index (χ3n) is 2.90. The normalized spacial score (nSPS) is 22.4. The van der Waals surface area contributed by atoms with Crippen LogP contribution in [0.2, 0.25) is 0 Å². The van der Waals surface area contributed by atoms with Crippen LogP contribution >= 0.6 is 0 Å². The van der Waals surface area contributed by atoms with Crippen LogP contribution in [-0.4, -0.2) is 37.0 Å². The van der Waals surface area contributed by atoms with Crippen LogP contribution in [0.4, 0.5) is 0 Å². The van der Waals surface area contributed by atoms with Crippen molar-refractivity contribution in [3.63, 3.8) is 0 Å². The van der Waals surface area contributed by atoms with E-state index in [1.54, 1.807) is 0 Å². The Kier molecular flexibility index (Phi) is 4.94. The maximum atomic E-state index is 11.7. The van der Waals surface area contributed by atoms with E-state index in [1.807, 2.05) is 7.05 Å². The van der Waals surface area contributed by atoms with Gasteiger partial charge in [-0.1, -0.05) is 13.3 Å². The molecule has 1 aliphatic rings. The maximum absolute atomic E-state index is 11.7. The fourth-order valence-electron chi connectivity index (χ4n) is 2.22. The minimum Gasteiger partial charge on any atom is -0.339 e. The molecule has 0 bridgehead atoms. The molecule has 1 amide bonds. The van der Waals surface area contributed by atoms with E-state index in [0.717, 1.165) is 13.0 Å². The van der Waals surface area contributed by atoms with Crippen LogP contribution in [0.15, 0.2) is 0 Å². The van der Waals surface area contributed by atoms with Gasteiger partial charge in [0.25, 0.3) is 0 Å². The third-order valence-corrected chi connectivity index (χ3v) is 2.90. The number of hydrogen-bond acceptors (Lipinski definition) is 2. The number of amides is 1. The number of piperidine rings is 1. The molecule has 1 atom stereocenters. The Hall–Kier alpha value is -0.570. The Morgan fingerprint density at radius 1 is 1.50 bits per heavy atom. The summed E-state index contributed by atoms with van der Waals surface area (Å²) in [5.74, 6) is 0.269. The first-order valence-electron chi connectivity index (χ1n) is 5.73. The number of rotatable bonds is 4. The lowest BCUT2D eigenvalue weighted by Gasteiger charge is -2.35. The summed E-state index contributed by atoms with van der Waals surface area (Å²) in [6, 6.07) is 0.509. The second-order valence-electron chi connectivity index (χ2n) is 4.06. The number of hydrogen-bond donors (Lipinski definition) is 1. The van der Waals surface area contributed by atoms with Gasteiger partial charge in [-0.2, -0.15) is 0 Å². The van der Waals surface area contributed by atoms with Crippen molar-refractivity contribution in [3.8, 4) is 0 Å². The molecule has 1 N–H and O–H groups in total. The van der Waals surface area contributed by atoms with Gasteiger partial charge in [0.2, 0.25) is 5.91 Å². The van der Waals surface area contributed by atoms with Crippen molar-refractivity contribution in [2.24, 2.45) is 0 Å². The minimum atomic E-state index is 0.269. The number of nitrogens with one attached hydrogen (secondary N) is 1. The van der Waals surface area contributed by atoms with Crippen LogP contribution in [0.5, 0.6) is 0 Å². The monoisotopic (exact) mass is 198 g/mol. The molecule has 82 valence electrons. The smallest absolute Gasteiger partial charge is 0.236 e. The van der Waals surface area contributed by atoms with E-state index in [9.17, 15) is 4.79 Å². The van der Waals surface area contributed by atoms with Gasteiger partial charge in [0.05, 0.1) is 6.54 Å².